The van der Waals surface area contributed by atoms with Crippen LogP contribution in [-0.2, 0) is 6.54 Å². The number of ether oxygens (including phenoxy) is 1. The van der Waals surface area contributed by atoms with E-state index in [4.69, 9.17) is 4.74 Å². The molecule has 1 aliphatic carbocycles. The predicted molar refractivity (Wildman–Crippen MR) is 80.4 cm³/mol. The third-order valence-corrected chi connectivity index (χ3v) is 3.96. The normalized spacial score (nSPS) is 22.8. The summed E-state index contributed by atoms with van der Waals surface area (Å²) in [5.41, 5.74) is 1.22. The van der Waals surface area contributed by atoms with Crippen LogP contribution in [0.1, 0.15) is 44.6 Å². The second-order valence-corrected chi connectivity index (χ2v) is 5.44. The molecule has 1 saturated carbocycles. The fourth-order valence-corrected chi connectivity index (χ4v) is 2.87. The molecule has 0 saturated heterocycles. The molecule has 0 amide bonds. The first-order valence-electron chi connectivity index (χ1n) is 7.68. The molecule has 2 unspecified atom stereocenters. The maximum atomic E-state index is 9.29. The van der Waals surface area contributed by atoms with Crippen molar-refractivity contribution in [1.82, 2.24) is 5.32 Å². The number of rotatable bonds is 5. The summed E-state index contributed by atoms with van der Waals surface area (Å²) in [6.07, 6.45) is 5.83. The van der Waals surface area contributed by atoms with Gasteiger partial charge in [-0.2, -0.15) is 5.26 Å². The summed E-state index contributed by atoms with van der Waals surface area (Å²) in [5.74, 6) is 1.08. The summed E-state index contributed by atoms with van der Waals surface area (Å²) in [6.45, 7) is 3.49. The quantitative estimate of drug-likeness (QED) is 0.832. The van der Waals surface area contributed by atoms with Crippen molar-refractivity contribution in [2.75, 3.05) is 6.61 Å². The van der Waals surface area contributed by atoms with Crippen molar-refractivity contribution in [1.29, 1.82) is 5.26 Å². The summed E-state index contributed by atoms with van der Waals surface area (Å²) in [7, 11) is 0. The molecular weight excluding hydrogens is 248 g/mol. The highest BCUT2D eigenvalue weighted by Crippen LogP contribution is 2.23. The molecule has 1 aliphatic rings. The van der Waals surface area contributed by atoms with E-state index in [1.165, 1.54) is 24.8 Å². The summed E-state index contributed by atoms with van der Waals surface area (Å²) < 4.78 is 5.52. The molecule has 0 spiro atoms. The minimum Gasteiger partial charge on any atom is -0.494 e. The van der Waals surface area contributed by atoms with Gasteiger partial charge in [0.2, 0.25) is 0 Å². The van der Waals surface area contributed by atoms with Gasteiger partial charge in [-0.25, -0.2) is 0 Å². The molecule has 1 fully saturated rings. The van der Waals surface area contributed by atoms with Gasteiger partial charge in [-0.15, -0.1) is 0 Å². The van der Waals surface area contributed by atoms with Crippen LogP contribution in [-0.4, -0.2) is 12.6 Å². The van der Waals surface area contributed by atoms with Crippen molar-refractivity contribution >= 4 is 0 Å². The molecule has 3 nitrogen and oxygen atoms in total. The molecule has 1 aromatic rings. The number of hydrogen-bond donors (Lipinski definition) is 1. The molecule has 0 heterocycles. The Bertz CT molecular complexity index is 453. The average molecular weight is 272 g/mol. The van der Waals surface area contributed by atoms with Gasteiger partial charge in [-0.1, -0.05) is 31.4 Å². The Kier molecular flexibility index (Phi) is 5.88. The van der Waals surface area contributed by atoms with Crippen LogP contribution in [0.2, 0.25) is 0 Å². The van der Waals surface area contributed by atoms with E-state index < -0.39 is 0 Å². The molecule has 2 rings (SSSR count). The van der Waals surface area contributed by atoms with E-state index in [2.05, 4.69) is 23.5 Å². The van der Waals surface area contributed by atoms with Crippen LogP contribution < -0.4 is 10.1 Å². The van der Waals surface area contributed by atoms with Crippen LogP contribution in [0, 0.1) is 17.2 Å². The van der Waals surface area contributed by atoms with Crippen LogP contribution in [0.3, 0.4) is 0 Å². The smallest absolute Gasteiger partial charge is 0.119 e. The lowest BCUT2D eigenvalue weighted by Crippen LogP contribution is -2.34. The third kappa shape index (κ3) is 4.25. The number of nitrogens with zero attached hydrogens (tertiary/aromatic N) is 1. The lowest BCUT2D eigenvalue weighted by atomic mass is 9.96. The minimum atomic E-state index is 0.160. The molecule has 1 aromatic carbocycles. The summed E-state index contributed by atoms with van der Waals surface area (Å²) in [5, 5.41) is 12.9. The van der Waals surface area contributed by atoms with Gasteiger partial charge in [0.25, 0.3) is 0 Å². The highest BCUT2D eigenvalue weighted by molar-refractivity contribution is 5.28. The molecule has 108 valence electrons. The molecule has 0 radical (unpaired) electrons. The van der Waals surface area contributed by atoms with E-state index in [1.54, 1.807) is 0 Å². The molecule has 1 N–H and O–H groups in total. The Hall–Kier alpha value is -1.53. The highest BCUT2D eigenvalue weighted by atomic mass is 16.5. The van der Waals surface area contributed by atoms with Crippen LogP contribution in [0.4, 0.5) is 0 Å². The Balaban J connectivity index is 1.93. The molecule has 0 bridgehead atoms. The van der Waals surface area contributed by atoms with Crippen LogP contribution in [0.25, 0.3) is 0 Å². The number of hydrogen-bond acceptors (Lipinski definition) is 3. The van der Waals surface area contributed by atoms with Crippen molar-refractivity contribution in [2.45, 2.75) is 51.6 Å². The van der Waals surface area contributed by atoms with E-state index in [9.17, 15) is 5.26 Å². The van der Waals surface area contributed by atoms with Gasteiger partial charge in [0, 0.05) is 12.6 Å². The third-order valence-electron chi connectivity index (χ3n) is 3.96. The molecule has 0 aromatic heterocycles. The number of benzene rings is 1. The average Bonchev–Trinajstić information content (AvgIpc) is 2.70. The fraction of sp³-hybridized carbons (Fsp3) is 0.588. The fourth-order valence-electron chi connectivity index (χ4n) is 2.87. The standard InChI is InChI=1S/C17H24N2O/c1-2-20-16-9-6-7-14(11-16)13-19-17-10-5-3-4-8-15(17)12-18/h6-7,9,11,15,17,19H,2-5,8,10,13H2,1H3. The van der Waals surface area contributed by atoms with Crippen molar-refractivity contribution < 1.29 is 4.74 Å². The summed E-state index contributed by atoms with van der Waals surface area (Å²) in [4.78, 5) is 0. The maximum Gasteiger partial charge on any atom is 0.119 e. The monoisotopic (exact) mass is 272 g/mol. The zero-order valence-electron chi connectivity index (χ0n) is 12.3. The van der Waals surface area contributed by atoms with Crippen LogP contribution >= 0.6 is 0 Å². The topological polar surface area (TPSA) is 45.0 Å². The lowest BCUT2D eigenvalue weighted by molar-refractivity contribution is 0.339. The Morgan fingerprint density at radius 1 is 1.30 bits per heavy atom. The second-order valence-electron chi connectivity index (χ2n) is 5.44. The molecule has 3 heteroatoms. The van der Waals surface area contributed by atoms with Gasteiger partial charge in [0.15, 0.2) is 0 Å². The van der Waals surface area contributed by atoms with Gasteiger partial charge >= 0.3 is 0 Å². The lowest BCUT2D eigenvalue weighted by Gasteiger charge is -2.21. The first-order chi connectivity index (χ1) is 9.83. The first kappa shape index (κ1) is 14.9. The predicted octanol–water partition coefficient (Wildman–Crippen LogP) is 3.65. The number of nitriles is 1. The van der Waals surface area contributed by atoms with Gasteiger partial charge in [0.1, 0.15) is 5.75 Å². The van der Waals surface area contributed by atoms with Crippen molar-refractivity contribution in [3.05, 3.63) is 29.8 Å². The zero-order chi connectivity index (χ0) is 14.2. The first-order valence-corrected chi connectivity index (χ1v) is 7.68. The molecule has 20 heavy (non-hydrogen) atoms. The second kappa shape index (κ2) is 7.91. The Morgan fingerprint density at radius 2 is 2.15 bits per heavy atom. The highest BCUT2D eigenvalue weighted by Gasteiger charge is 2.22. The zero-order valence-corrected chi connectivity index (χ0v) is 12.3. The SMILES string of the molecule is CCOc1cccc(CNC2CCCCCC2C#N)c1. The number of nitrogens with one attached hydrogen (secondary N) is 1. The van der Waals surface area contributed by atoms with E-state index in [0.29, 0.717) is 12.6 Å². The van der Waals surface area contributed by atoms with Crippen molar-refractivity contribution in [3.8, 4) is 11.8 Å². The van der Waals surface area contributed by atoms with E-state index in [1.807, 2.05) is 19.1 Å². The minimum absolute atomic E-state index is 0.160. The van der Waals surface area contributed by atoms with Crippen molar-refractivity contribution in [3.63, 3.8) is 0 Å². The molecule has 2 atom stereocenters. The molecule has 0 aliphatic heterocycles. The van der Waals surface area contributed by atoms with Crippen LogP contribution in [0.15, 0.2) is 24.3 Å². The van der Waals surface area contributed by atoms with E-state index in [-0.39, 0.29) is 5.92 Å². The maximum absolute atomic E-state index is 9.29. The molecular formula is C17H24N2O. The van der Waals surface area contributed by atoms with E-state index in [0.717, 1.165) is 25.1 Å². The summed E-state index contributed by atoms with van der Waals surface area (Å²) in [6, 6.07) is 11.0. The van der Waals surface area contributed by atoms with Gasteiger partial charge in [-0.3, -0.25) is 0 Å². The van der Waals surface area contributed by atoms with E-state index >= 15 is 0 Å². The largest absolute Gasteiger partial charge is 0.494 e. The van der Waals surface area contributed by atoms with Gasteiger partial charge in [-0.05, 0) is 37.5 Å². The Morgan fingerprint density at radius 3 is 2.95 bits per heavy atom. The van der Waals surface area contributed by atoms with Crippen molar-refractivity contribution in [2.24, 2.45) is 5.92 Å². The van der Waals surface area contributed by atoms with Gasteiger partial charge < -0.3 is 10.1 Å². The summed E-state index contributed by atoms with van der Waals surface area (Å²) >= 11 is 0. The Labute approximate surface area is 121 Å². The van der Waals surface area contributed by atoms with Gasteiger partial charge in [0.05, 0.1) is 18.6 Å². The van der Waals surface area contributed by atoms with Crippen LogP contribution in [0.5, 0.6) is 5.75 Å².